The van der Waals surface area contributed by atoms with Gasteiger partial charge in [0, 0.05) is 73.3 Å². The Bertz CT molecular complexity index is 4700. The fraction of sp³-hybridized carbons (Fsp3) is 0.447. The van der Waals surface area contributed by atoms with Crippen LogP contribution in [0.4, 0.5) is 23.0 Å². The van der Waals surface area contributed by atoms with Crippen LogP contribution in [0.3, 0.4) is 0 Å². The molecule has 0 spiro atoms. The highest BCUT2D eigenvalue weighted by atomic mass is 32.3. The Hall–Kier alpha value is -7.24. The summed E-state index contributed by atoms with van der Waals surface area (Å²) >= 11 is -5.39. The molecule has 1 fully saturated rings. The Morgan fingerprint density at radius 2 is 1.31 bits per heavy atom. The quantitative estimate of drug-likeness (QED) is 0.0139. The van der Waals surface area contributed by atoms with Gasteiger partial charge < -0.3 is 29.0 Å². The summed E-state index contributed by atoms with van der Waals surface area (Å²) in [6, 6.07) is 29.7. The van der Waals surface area contributed by atoms with Crippen molar-refractivity contribution in [3.8, 4) is 5.75 Å². The van der Waals surface area contributed by atoms with E-state index in [1.165, 1.54) is 30.3 Å². The first-order valence-electron chi connectivity index (χ1n) is 35.4. The van der Waals surface area contributed by atoms with E-state index < -0.39 is 90.8 Å². The molecule has 5 aromatic rings. The molecule has 31 heteroatoms. The van der Waals surface area contributed by atoms with E-state index in [-0.39, 0.29) is 125 Å². The van der Waals surface area contributed by atoms with E-state index in [9.17, 15) is 83.0 Å². The third-order valence-electron chi connectivity index (χ3n) is 19.7. The molecule has 1 saturated heterocycles. The molecule has 3 heterocycles. The Kier molecular flexibility index (Phi) is 28.2. The lowest BCUT2D eigenvalue weighted by Gasteiger charge is -2.41. The highest BCUT2D eigenvalue weighted by molar-refractivity contribution is 8.20. The summed E-state index contributed by atoms with van der Waals surface area (Å²) in [5.74, 6) is -2.78. The summed E-state index contributed by atoms with van der Waals surface area (Å²) < 4.78 is 203. The van der Waals surface area contributed by atoms with Crippen molar-refractivity contribution in [2.24, 2.45) is 5.92 Å². The maximum atomic E-state index is 13.5. The number of ketones is 2. The lowest BCUT2D eigenvalue weighted by atomic mass is 9.81. The zero-order valence-corrected chi connectivity index (χ0v) is 64.1. The Balaban J connectivity index is 0.852. The van der Waals surface area contributed by atoms with E-state index >= 15 is 0 Å². The van der Waals surface area contributed by atoms with Gasteiger partial charge in [-0.05, 0) is 185 Å². The van der Waals surface area contributed by atoms with E-state index in [2.05, 4.69) is 4.90 Å². The maximum Gasteiger partial charge on any atom is 0.307 e. The number of benzene rings is 5. The number of carboxylic acids is 1. The van der Waals surface area contributed by atoms with Crippen LogP contribution in [0.15, 0.2) is 177 Å². The Morgan fingerprint density at radius 1 is 0.645 bits per heavy atom. The van der Waals surface area contributed by atoms with Crippen molar-refractivity contribution in [2.75, 3.05) is 69.0 Å². The van der Waals surface area contributed by atoms with Gasteiger partial charge in [-0.15, -0.1) is 11.7 Å². The van der Waals surface area contributed by atoms with Gasteiger partial charge in [0.25, 0.3) is 40.5 Å². The molecule has 5 aromatic carbocycles. The number of carboxylic acid groups (broad SMARTS) is 1. The highest BCUT2D eigenvalue weighted by Crippen LogP contribution is 2.60. The van der Waals surface area contributed by atoms with Crippen molar-refractivity contribution in [3.63, 3.8) is 0 Å². The molecule has 0 radical (unpaired) electrons. The van der Waals surface area contributed by atoms with Crippen LogP contribution < -0.4 is 9.64 Å². The molecule has 4 aliphatic rings. The van der Waals surface area contributed by atoms with Crippen LogP contribution in [0.25, 0.3) is 0 Å². The predicted molar refractivity (Wildman–Crippen MR) is 399 cm³/mol. The van der Waals surface area contributed by atoms with Crippen molar-refractivity contribution in [2.45, 2.75) is 162 Å². The minimum atomic E-state index is -5.39. The minimum absolute atomic E-state index is 0.00206. The molecule has 0 bridgehead atoms. The lowest BCUT2D eigenvalue weighted by molar-refractivity contribution is -0.438. The number of ether oxygens (including phenoxy) is 4. The fourth-order valence-electron chi connectivity index (χ4n) is 14.3. The molecule has 0 amide bonds. The standard InChI is InChI=1S/C76H92F3N3O20S5/c1-75(2)65-49-63(106(93,94)95)30-32-67(65)81(38-8-10-44-103(87,88)89)70(75)34-26-56-19-13-20-57(27-35-71-76(3,4)66-50-64(107(96,97)98)31-33-68(66)82(71)39-9-11-45-104(90,91)92)73(56)102-61-28-24-53(25-29-61)46-58(74(85)86)48-59(83)36-41-100-43-42-99-40-15-21-60(84)51-80-37-14-23-69(72(80)55-17-6-5-7-18-55)101-52-54-16-12-22-62(47-54)105(77,78)79/h5-7,12,16-18,22,24-35,47,49-50,58,69,72H,8-11,13-15,19-21,23,36-46,48,51-52H2,1-4H3,(H4-,85,86,87,88,89,90,91,92,93,94,95,96,97,98)/p+1/t58-,69+,72+/m1/s1. The summed E-state index contributed by atoms with van der Waals surface area (Å²) in [7, 11) is -17.8. The number of hydrogen-bond acceptors (Lipinski definition) is 17. The average molecular weight is 1590 g/mol. The summed E-state index contributed by atoms with van der Waals surface area (Å²) in [5, 5.41) is 10.4. The van der Waals surface area contributed by atoms with E-state index in [4.69, 9.17) is 18.9 Å². The molecule has 3 atom stereocenters. The van der Waals surface area contributed by atoms with Crippen molar-refractivity contribution >= 4 is 86.3 Å². The second-order valence-corrected chi connectivity index (χ2v) is 35.5. The zero-order chi connectivity index (χ0) is 77.7. The summed E-state index contributed by atoms with van der Waals surface area (Å²) in [5.41, 5.74) is 5.26. The number of allylic oxidation sites excluding steroid dienone is 7. The number of rotatable bonds is 39. The van der Waals surface area contributed by atoms with E-state index in [1.54, 1.807) is 42.5 Å². The van der Waals surface area contributed by atoms with Crippen molar-refractivity contribution in [1.29, 1.82) is 0 Å². The van der Waals surface area contributed by atoms with Gasteiger partial charge in [-0.25, -0.2) is 0 Å². The number of halogens is 3. The van der Waals surface area contributed by atoms with Crippen LogP contribution in [0.1, 0.15) is 145 Å². The summed E-state index contributed by atoms with van der Waals surface area (Å²) in [4.78, 5) is 42.1. The monoisotopic (exact) mass is 1580 g/mol. The van der Waals surface area contributed by atoms with E-state index in [0.717, 1.165) is 24.1 Å². The van der Waals surface area contributed by atoms with Crippen LogP contribution in [0.2, 0.25) is 0 Å². The lowest BCUT2D eigenvalue weighted by Crippen LogP contribution is -2.45. The second kappa shape index (κ2) is 36.1. The first-order valence-corrected chi connectivity index (χ1v) is 42.8. The average Bonchev–Trinajstić information content (AvgIpc) is 1.59. The number of unbranched alkanes of at least 4 members (excludes halogenated alkanes) is 2. The number of nitrogens with zero attached hydrogens (tertiary/aromatic N) is 3. The maximum absolute atomic E-state index is 13.5. The van der Waals surface area contributed by atoms with Gasteiger partial charge in [-0.2, -0.15) is 38.2 Å². The molecular formula is C76H93F3N3O20S5+. The normalized spacial score (nSPS) is 19.0. The Morgan fingerprint density at radius 3 is 1.97 bits per heavy atom. The van der Waals surface area contributed by atoms with Crippen LogP contribution in [0.5, 0.6) is 5.75 Å². The predicted octanol–water partition coefficient (Wildman–Crippen LogP) is 13.8. The second-order valence-electron chi connectivity index (χ2n) is 28.2. The van der Waals surface area contributed by atoms with Gasteiger partial charge in [-0.1, -0.05) is 74.5 Å². The third-order valence-corrected chi connectivity index (χ3v) is 23.8. The fourth-order valence-corrected chi connectivity index (χ4v) is 16.9. The first kappa shape index (κ1) is 83.8. The smallest absolute Gasteiger partial charge is 0.307 e. The molecule has 107 heavy (non-hydrogen) atoms. The SMILES string of the molecule is CC1(C)C(=CC=C2CCCC(C=CC3=[N+](CCCCS(=O)(=O)O)c4ccc(S(=O)(=O)O)cc4C3(C)C)=C2Oc2ccc(C[C@H](CC(=O)CCOCCOCCCC(=O)CN3CCC[C@H](OCc4cccc(S(F)(F)F)c4)[C@@H]3c3ccccc3)C(=O)O)cc2)N(CCCCS(=O)(=O)O)c2ccc(S(=O)(=O)O)cc21. The topological polar surface area (TPSA) is 335 Å². The zero-order valence-electron chi connectivity index (χ0n) is 60.1. The largest absolute Gasteiger partial charge is 0.481 e. The van der Waals surface area contributed by atoms with Crippen LogP contribution in [-0.2, 0) is 92.9 Å². The molecule has 0 aromatic heterocycles. The third kappa shape index (κ3) is 23.2. The number of hydrogen-bond donors (Lipinski definition) is 5. The van der Waals surface area contributed by atoms with Gasteiger partial charge in [0.2, 0.25) is 16.9 Å². The molecule has 1 aliphatic carbocycles. The summed E-state index contributed by atoms with van der Waals surface area (Å²) in [6.45, 7) is 9.43. The molecular weight excluding hydrogens is 1490 g/mol. The van der Waals surface area contributed by atoms with Crippen LogP contribution in [0, 0.1) is 5.92 Å². The minimum Gasteiger partial charge on any atom is -0.481 e. The van der Waals surface area contributed by atoms with Crippen LogP contribution >= 0.6 is 11.2 Å². The van der Waals surface area contributed by atoms with Gasteiger partial charge >= 0.3 is 5.97 Å². The number of carbonyl (C=O) groups is 3. The number of Topliss-reactive ketones (excluding diaryl/α,β-unsaturated/α-hetero) is 2. The number of piperidine rings is 1. The molecule has 9 rings (SSSR count). The van der Waals surface area contributed by atoms with E-state index in [0.29, 0.717) is 119 Å². The number of aliphatic carboxylic acids is 1. The van der Waals surface area contributed by atoms with Crippen molar-refractivity contribution < 1.29 is 107 Å². The molecule has 3 aliphatic heterocycles. The number of likely N-dealkylation sites (tertiary alicyclic amines) is 1. The molecule has 5 N–H and O–H groups in total. The number of anilines is 1. The first-order chi connectivity index (χ1) is 50.4. The van der Waals surface area contributed by atoms with E-state index in [1.807, 2.05) is 91.8 Å². The van der Waals surface area contributed by atoms with Gasteiger partial charge in [0.05, 0.1) is 82.6 Å². The Labute approximate surface area is 626 Å². The molecule has 23 nitrogen and oxygen atoms in total. The highest BCUT2D eigenvalue weighted by Gasteiger charge is 2.46. The molecule has 0 saturated carbocycles. The van der Waals surface area contributed by atoms with Gasteiger partial charge in [0.15, 0.2) is 5.71 Å². The van der Waals surface area contributed by atoms with Crippen LogP contribution in [-0.4, -0.2) is 160 Å². The van der Waals surface area contributed by atoms with Gasteiger partial charge in [0.1, 0.15) is 29.6 Å². The number of carbonyl (C=O) groups excluding carboxylic acids is 2. The number of fused-ring (bicyclic) bond motifs is 2. The molecule has 582 valence electrons. The summed E-state index contributed by atoms with van der Waals surface area (Å²) in [6.07, 6.45) is 11.3. The van der Waals surface area contributed by atoms with Crippen molar-refractivity contribution in [1.82, 2.24) is 4.90 Å². The van der Waals surface area contributed by atoms with Gasteiger partial charge in [-0.3, -0.25) is 37.5 Å². The van der Waals surface area contributed by atoms with Crippen molar-refractivity contribution in [3.05, 3.63) is 190 Å². The molecule has 0 unspecified atom stereocenters.